The molecule has 0 fully saturated rings. The van der Waals surface area contributed by atoms with Crippen LogP contribution in [0.15, 0.2) is 40.9 Å². The number of nitrogens with one attached hydrogen (secondary N) is 2. The summed E-state index contributed by atoms with van der Waals surface area (Å²) in [5.41, 5.74) is 0.853. The number of halogens is 4. The summed E-state index contributed by atoms with van der Waals surface area (Å²) in [4.78, 5) is 11.8. The Labute approximate surface area is 139 Å². The summed E-state index contributed by atoms with van der Waals surface area (Å²) in [6.45, 7) is -0.0391. The molecule has 0 aliphatic rings. The molecule has 3 nitrogen and oxygen atoms in total. The highest BCUT2D eigenvalue weighted by atomic mass is 79.9. The molecule has 0 heterocycles. The van der Waals surface area contributed by atoms with Gasteiger partial charge in [0.05, 0.1) is 26.8 Å². The zero-order chi connectivity index (χ0) is 15.4. The molecule has 2 aromatic rings. The third kappa shape index (κ3) is 4.33. The highest BCUT2D eigenvalue weighted by Gasteiger charge is 2.09. The van der Waals surface area contributed by atoms with Crippen LogP contribution in [0.1, 0.15) is 0 Å². The molecule has 0 saturated carbocycles. The van der Waals surface area contributed by atoms with E-state index in [0.717, 1.165) is 0 Å². The smallest absolute Gasteiger partial charge is 0.243 e. The molecule has 0 bridgehead atoms. The minimum Gasteiger partial charge on any atom is -0.376 e. The molecule has 21 heavy (non-hydrogen) atoms. The highest BCUT2D eigenvalue weighted by molar-refractivity contribution is 9.10. The molecule has 1 amide bonds. The van der Waals surface area contributed by atoms with Crippen LogP contribution in [0.25, 0.3) is 0 Å². The fourth-order valence-electron chi connectivity index (χ4n) is 1.59. The van der Waals surface area contributed by atoms with Gasteiger partial charge in [-0.2, -0.15) is 0 Å². The summed E-state index contributed by atoms with van der Waals surface area (Å²) < 4.78 is 13.7. The van der Waals surface area contributed by atoms with E-state index in [1.807, 2.05) is 0 Å². The SMILES string of the molecule is O=C(CNc1ccc(Br)c(F)c1)Nc1c(Cl)cccc1Cl. The molecule has 0 atom stereocenters. The van der Waals surface area contributed by atoms with Gasteiger partial charge < -0.3 is 10.6 Å². The second-order valence-corrected chi connectivity index (χ2v) is 5.80. The Kier molecular flexibility index (Phi) is 5.45. The minimum atomic E-state index is -0.408. The van der Waals surface area contributed by atoms with Gasteiger partial charge in [-0.05, 0) is 46.3 Å². The van der Waals surface area contributed by atoms with Crippen molar-refractivity contribution in [2.75, 3.05) is 17.2 Å². The van der Waals surface area contributed by atoms with Crippen LogP contribution in [0.2, 0.25) is 10.0 Å². The third-order valence-corrected chi connectivity index (χ3v) is 3.87. The molecule has 0 saturated heterocycles. The van der Waals surface area contributed by atoms with Crippen molar-refractivity contribution in [2.24, 2.45) is 0 Å². The van der Waals surface area contributed by atoms with Gasteiger partial charge in [0.25, 0.3) is 0 Å². The average molecular weight is 392 g/mol. The van der Waals surface area contributed by atoms with Crippen LogP contribution < -0.4 is 10.6 Å². The van der Waals surface area contributed by atoms with Crippen LogP contribution in [-0.2, 0) is 4.79 Å². The summed E-state index contributed by atoms with van der Waals surface area (Å²) in [7, 11) is 0. The van der Waals surface area contributed by atoms with Crippen LogP contribution in [0.5, 0.6) is 0 Å². The summed E-state index contributed by atoms with van der Waals surface area (Å²) in [6.07, 6.45) is 0. The van der Waals surface area contributed by atoms with Crippen LogP contribution in [0, 0.1) is 5.82 Å². The van der Waals surface area contributed by atoms with E-state index in [0.29, 0.717) is 25.9 Å². The average Bonchev–Trinajstić information content (AvgIpc) is 2.44. The molecule has 0 aliphatic heterocycles. The van der Waals surface area contributed by atoms with E-state index in [4.69, 9.17) is 23.2 Å². The Bertz CT molecular complexity index is 662. The number of benzene rings is 2. The highest BCUT2D eigenvalue weighted by Crippen LogP contribution is 2.29. The number of para-hydroxylation sites is 1. The lowest BCUT2D eigenvalue weighted by molar-refractivity contribution is -0.114. The van der Waals surface area contributed by atoms with Crippen molar-refractivity contribution in [3.05, 3.63) is 56.7 Å². The van der Waals surface area contributed by atoms with Crippen molar-refractivity contribution in [2.45, 2.75) is 0 Å². The summed E-state index contributed by atoms with van der Waals surface area (Å²) in [5, 5.41) is 6.12. The van der Waals surface area contributed by atoms with Crippen molar-refractivity contribution in [3.63, 3.8) is 0 Å². The number of anilines is 2. The molecular weight excluding hydrogens is 382 g/mol. The van der Waals surface area contributed by atoms with Gasteiger partial charge in [0.2, 0.25) is 5.91 Å². The van der Waals surface area contributed by atoms with Gasteiger partial charge in [0.15, 0.2) is 0 Å². The van der Waals surface area contributed by atoms with Gasteiger partial charge in [0.1, 0.15) is 5.82 Å². The van der Waals surface area contributed by atoms with Gasteiger partial charge in [-0.1, -0.05) is 29.3 Å². The molecule has 110 valence electrons. The van der Waals surface area contributed by atoms with E-state index in [9.17, 15) is 9.18 Å². The van der Waals surface area contributed by atoms with Gasteiger partial charge in [-0.25, -0.2) is 4.39 Å². The number of hydrogen-bond acceptors (Lipinski definition) is 2. The molecule has 2 rings (SSSR count). The predicted octanol–water partition coefficient (Wildman–Crippen LogP) is 4.95. The van der Waals surface area contributed by atoms with E-state index >= 15 is 0 Å². The molecule has 0 radical (unpaired) electrons. The van der Waals surface area contributed by atoms with Gasteiger partial charge in [-0.15, -0.1) is 0 Å². The molecule has 0 aliphatic carbocycles. The van der Waals surface area contributed by atoms with Gasteiger partial charge in [-0.3, -0.25) is 4.79 Å². The molecule has 2 aromatic carbocycles. The van der Waals surface area contributed by atoms with Crippen LogP contribution in [0.3, 0.4) is 0 Å². The second-order valence-electron chi connectivity index (χ2n) is 4.13. The lowest BCUT2D eigenvalue weighted by Crippen LogP contribution is -2.22. The first kappa shape index (κ1) is 16.1. The zero-order valence-electron chi connectivity index (χ0n) is 10.6. The Morgan fingerprint density at radius 2 is 1.86 bits per heavy atom. The molecule has 0 spiro atoms. The van der Waals surface area contributed by atoms with Crippen molar-refractivity contribution >= 4 is 56.4 Å². The van der Waals surface area contributed by atoms with Crippen molar-refractivity contribution in [3.8, 4) is 0 Å². The first-order valence-electron chi connectivity index (χ1n) is 5.90. The minimum absolute atomic E-state index is 0.0391. The monoisotopic (exact) mass is 390 g/mol. The number of amides is 1. The quantitative estimate of drug-likeness (QED) is 0.774. The molecular formula is C14H10BrCl2FN2O. The summed E-state index contributed by atoms with van der Waals surface area (Å²) in [6, 6.07) is 9.44. The Morgan fingerprint density at radius 3 is 2.48 bits per heavy atom. The van der Waals surface area contributed by atoms with Crippen molar-refractivity contribution in [1.29, 1.82) is 0 Å². The molecule has 0 unspecified atom stereocenters. The summed E-state index contributed by atoms with van der Waals surface area (Å²) in [5.74, 6) is -0.747. The van der Waals surface area contributed by atoms with E-state index in [-0.39, 0.29) is 12.5 Å². The molecule has 2 N–H and O–H groups in total. The predicted molar refractivity (Wildman–Crippen MR) is 87.7 cm³/mol. The lowest BCUT2D eigenvalue weighted by Gasteiger charge is -2.10. The molecule has 7 heteroatoms. The number of hydrogen-bond donors (Lipinski definition) is 2. The van der Waals surface area contributed by atoms with E-state index in [1.54, 1.807) is 30.3 Å². The fourth-order valence-corrected chi connectivity index (χ4v) is 2.33. The van der Waals surface area contributed by atoms with E-state index < -0.39 is 5.82 Å². The number of carbonyl (C=O) groups excluding carboxylic acids is 1. The van der Waals surface area contributed by atoms with Crippen molar-refractivity contribution in [1.82, 2.24) is 0 Å². The van der Waals surface area contributed by atoms with Crippen LogP contribution in [-0.4, -0.2) is 12.5 Å². The Balaban J connectivity index is 1.97. The summed E-state index contributed by atoms with van der Waals surface area (Å²) >= 11 is 15.0. The lowest BCUT2D eigenvalue weighted by atomic mass is 10.3. The largest absolute Gasteiger partial charge is 0.376 e. The molecule has 0 aromatic heterocycles. The Hall–Kier alpha value is -1.30. The van der Waals surface area contributed by atoms with Gasteiger partial charge in [0, 0.05) is 5.69 Å². The first-order valence-corrected chi connectivity index (χ1v) is 7.45. The maximum absolute atomic E-state index is 13.3. The zero-order valence-corrected chi connectivity index (χ0v) is 13.7. The van der Waals surface area contributed by atoms with E-state index in [1.165, 1.54) is 6.07 Å². The number of carbonyl (C=O) groups is 1. The normalized spacial score (nSPS) is 10.3. The van der Waals surface area contributed by atoms with E-state index in [2.05, 4.69) is 26.6 Å². The van der Waals surface area contributed by atoms with Gasteiger partial charge >= 0.3 is 0 Å². The van der Waals surface area contributed by atoms with Crippen LogP contribution >= 0.6 is 39.1 Å². The van der Waals surface area contributed by atoms with Crippen molar-refractivity contribution < 1.29 is 9.18 Å². The van der Waals surface area contributed by atoms with Crippen LogP contribution in [0.4, 0.5) is 15.8 Å². The third-order valence-electron chi connectivity index (χ3n) is 2.60. The number of rotatable bonds is 4. The fraction of sp³-hybridized carbons (Fsp3) is 0.0714. The topological polar surface area (TPSA) is 41.1 Å². The first-order chi connectivity index (χ1) is 9.97. The maximum Gasteiger partial charge on any atom is 0.243 e. The second kappa shape index (κ2) is 7.11. The Morgan fingerprint density at radius 1 is 1.19 bits per heavy atom. The maximum atomic E-state index is 13.3. The standard InChI is InChI=1S/C14H10BrCl2FN2O/c15-9-5-4-8(6-12(9)18)19-7-13(21)20-14-10(16)2-1-3-11(14)17/h1-6,19H,7H2,(H,20,21).